The van der Waals surface area contributed by atoms with E-state index in [-0.39, 0.29) is 0 Å². The van der Waals surface area contributed by atoms with Crippen molar-refractivity contribution in [2.24, 2.45) is 5.92 Å². The molecular formula is C13H27N. The van der Waals surface area contributed by atoms with E-state index in [0.717, 1.165) is 12.0 Å². The van der Waals surface area contributed by atoms with E-state index in [1.165, 1.54) is 57.9 Å². The minimum absolute atomic E-state index is 0.862. The molecule has 0 aromatic carbocycles. The van der Waals surface area contributed by atoms with Crippen molar-refractivity contribution in [2.75, 3.05) is 6.54 Å². The second-order valence-electron chi connectivity index (χ2n) is 5.00. The predicted octanol–water partition coefficient (Wildman–Crippen LogP) is 3.74. The van der Waals surface area contributed by atoms with Crippen LogP contribution in [0.5, 0.6) is 0 Å². The Bertz CT molecular complexity index is 127. The van der Waals surface area contributed by atoms with Crippen molar-refractivity contribution in [2.45, 2.75) is 71.3 Å². The first-order valence-electron chi connectivity index (χ1n) is 6.56. The molecule has 14 heavy (non-hydrogen) atoms. The summed E-state index contributed by atoms with van der Waals surface area (Å²) in [6.45, 7) is 5.88. The average Bonchev–Trinajstić information content (AvgIpc) is 2.13. The molecular weight excluding hydrogens is 170 g/mol. The predicted molar refractivity (Wildman–Crippen MR) is 63.6 cm³/mol. The number of hydrogen-bond acceptors (Lipinski definition) is 1. The third-order valence-corrected chi connectivity index (χ3v) is 3.34. The lowest BCUT2D eigenvalue weighted by molar-refractivity contribution is 0.241. The molecule has 1 saturated carbocycles. The summed E-state index contributed by atoms with van der Waals surface area (Å²) >= 11 is 0. The zero-order valence-corrected chi connectivity index (χ0v) is 10.0. The topological polar surface area (TPSA) is 12.0 Å². The van der Waals surface area contributed by atoms with E-state index in [1.807, 2.05) is 0 Å². The van der Waals surface area contributed by atoms with Crippen LogP contribution in [0.1, 0.15) is 65.2 Å². The van der Waals surface area contributed by atoms with Crippen LogP contribution in [0.3, 0.4) is 0 Å². The van der Waals surface area contributed by atoms with E-state index in [1.54, 1.807) is 0 Å². The van der Waals surface area contributed by atoms with Crippen LogP contribution in [-0.2, 0) is 0 Å². The molecule has 0 aromatic rings. The second kappa shape index (κ2) is 7.28. The summed E-state index contributed by atoms with van der Waals surface area (Å²) in [5, 5.41) is 3.64. The van der Waals surface area contributed by atoms with Gasteiger partial charge in [0.2, 0.25) is 0 Å². The quantitative estimate of drug-likeness (QED) is 0.585. The van der Waals surface area contributed by atoms with E-state index < -0.39 is 0 Å². The SMILES string of the molecule is CCCCCCCCNC1CC(C)C1. The number of hydrogen-bond donors (Lipinski definition) is 1. The van der Waals surface area contributed by atoms with Crippen molar-refractivity contribution in [1.82, 2.24) is 5.32 Å². The highest BCUT2D eigenvalue weighted by molar-refractivity contribution is 4.81. The van der Waals surface area contributed by atoms with Crippen LogP contribution in [0, 0.1) is 5.92 Å². The Morgan fingerprint density at radius 2 is 1.64 bits per heavy atom. The molecule has 1 N–H and O–H groups in total. The van der Waals surface area contributed by atoms with Crippen molar-refractivity contribution >= 4 is 0 Å². The largest absolute Gasteiger partial charge is 0.314 e. The summed E-state index contributed by atoms with van der Waals surface area (Å²) in [5.41, 5.74) is 0. The first-order chi connectivity index (χ1) is 6.83. The normalized spacial score (nSPS) is 26.1. The molecule has 0 bridgehead atoms. The van der Waals surface area contributed by atoms with Crippen LogP contribution in [0.25, 0.3) is 0 Å². The molecule has 84 valence electrons. The van der Waals surface area contributed by atoms with Gasteiger partial charge in [-0.3, -0.25) is 0 Å². The smallest absolute Gasteiger partial charge is 0.00721 e. The van der Waals surface area contributed by atoms with Crippen LogP contribution in [0.2, 0.25) is 0 Å². The van der Waals surface area contributed by atoms with Crippen molar-refractivity contribution in [3.63, 3.8) is 0 Å². The molecule has 0 aromatic heterocycles. The van der Waals surface area contributed by atoms with Gasteiger partial charge in [-0.15, -0.1) is 0 Å². The Hall–Kier alpha value is -0.0400. The van der Waals surface area contributed by atoms with Gasteiger partial charge >= 0.3 is 0 Å². The molecule has 0 aliphatic heterocycles. The maximum absolute atomic E-state index is 3.64. The molecule has 0 saturated heterocycles. The van der Waals surface area contributed by atoms with Crippen molar-refractivity contribution in [3.8, 4) is 0 Å². The molecule has 0 radical (unpaired) electrons. The van der Waals surface area contributed by atoms with Gasteiger partial charge in [0.25, 0.3) is 0 Å². The number of nitrogens with one attached hydrogen (secondary N) is 1. The number of rotatable bonds is 8. The fraction of sp³-hybridized carbons (Fsp3) is 1.00. The van der Waals surface area contributed by atoms with Gasteiger partial charge in [-0.05, 0) is 31.7 Å². The van der Waals surface area contributed by atoms with Crippen molar-refractivity contribution < 1.29 is 0 Å². The van der Waals surface area contributed by atoms with Crippen LogP contribution in [-0.4, -0.2) is 12.6 Å². The molecule has 1 fully saturated rings. The van der Waals surface area contributed by atoms with E-state index >= 15 is 0 Å². The minimum Gasteiger partial charge on any atom is -0.314 e. The van der Waals surface area contributed by atoms with Gasteiger partial charge in [-0.1, -0.05) is 46.0 Å². The summed E-state index contributed by atoms with van der Waals surface area (Å²) in [6, 6.07) is 0.862. The third kappa shape index (κ3) is 4.99. The first kappa shape index (κ1) is 12.0. The fourth-order valence-corrected chi connectivity index (χ4v) is 2.28. The molecule has 1 aliphatic rings. The molecule has 0 spiro atoms. The maximum Gasteiger partial charge on any atom is 0.00721 e. The summed E-state index contributed by atoms with van der Waals surface area (Å²) < 4.78 is 0. The molecule has 1 heteroatoms. The molecule has 0 amide bonds. The standard InChI is InChI=1S/C13H27N/c1-3-4-5-6-7-8-9-14-13-10-12(2)11-13/h12-14H,3-11H2,1-2H3. The monoisotopic (exact) mass is 197 g/mol. The highest BCUT2D eigenvalue weighted by Crippen LogP contribution is 2.26. The van der Waals surface area contributed by atoms with E-state index in [0.29, 0.717) is 0 Å². The van der Waals surface area contributed by atoms with Gasteiger partial charge in [0.05, 0.1) is 0 Å². The highest BCUT2D eigenvalue weighted by Gasteiger charge is 2.23. The summed E-state index contributed by atoms with van der Waals surface area (Å²) in [7, 11) is 0. The van der Waals surface area contributed by atoms with Gasteiger partial charge in [-0.25, -0.2) is 0 Å². The molecule has 0 unspecified atom stereocenters. The van der Waals surface area contributed by atoms with Crippen LogP contribution in [0.15, 0.2) is 0 Å². The van der Waals surface area contributed by atoms with Gasteiger partial charge in [0.1, 0.15) is 0 Å². The highest BCUT2D eigenvalue weighted by atomic mass is 14.9. The van der Waals surface area contributed by atoms with E-state index in [4.69, 9.17) is 0 Å². The molecule has 0 heterocycles. The Morgan fingerprint density at radius 3 is 2.29 bits per heavy atom. The lowest BCUT2D eigenvalue weighted by Crippen LogP contribution is -2.40. The Balaban J connectivity index is 1.72. The van der Waals surface area contributed by atoms with Crippen molar-refractivity contribution in [3.05, 3.63) is 0 Å². The Morgan fingerprint density at radius 1 is 1.00 bits per heavy atom. The van der Waals surface area contributed by atoms with Gasteiger partial charge in [-0.2, -0.15) is 0 Å². The second-order valence-corrected chi connectivity index (χ2v) is 5.00. The third-order valence-electron chi connectivity index (χ3n) is 3.34. The van der Waals surface area contributed by atoms with Gasteiger partial charge in [0.15, 0.2) is 0 Å². The summed E-state index contributed by atoms with van der Waals surface area (Å²) in [4.78, 5) is 0. The zero-order valence-electron chi connectivity index (χ0n) is 10.0. The minimum atomic E-state index is 0.862. The Labute approximate surface area is 89.7 Å². The van der Waals surface area contributed by atoms with Gasteiger partial charge in [0, 0.05) is 6.04 Å². The average molecular weight is 197 g/mol. The van der Waals surface area contributed by atoms with Gasteiger partial charge < -0.3 is 5.32 Å². The lowest BCUT2D eigenvalue weighted by atomic mass is 9.82. The summed E-state index contributed by atoms with van der Waals surface area (Å²) in [5.74, 6) is 0.983. The van der Waals surface area contributed by atoms with Crippen molar-refractivity contribution in [1.29, 1.82) is 0 Å². The van der Waals surface area contributed by atoms with Crippen LogP contribution in [0.4, 0.5) is 0 Å². The molecule has 0 atom stereocenters. The molecule has 1 aliphatic carbocycles. The van der Waals surface area contributed by atoms with E-state index in [2.05, 4.69) is 19.2 Å². The lowest BCUT2D eigenvalue weighted by Gasteiger charge is -2.33. The molecule has 1 nitrogen and oxygen atoms in total. The van der Waals surface area contributed by atoms with E-state index in [9.17, 15) is 0 Å². The first-order valence-corrected chi connectivity index (χ1v) is 6.56. The fourth-order valence-electron chi connectivity index (χ4n) is 2.28. The van der Waals surface area contributed by atoms with Crippen LogP contribution < -0.4 is 5.32 Å². The zero-order chi connectivity index (χ0) is 10.2. The van der Waals surface area contributed by atoms with Crippen LogP contribution >= 0.6 is 0 Å². The number of unbranched alkanes of at least 4 members (excludes halogenated alkanes) is 5. The Kier molecular flexibility index (Phi) is 6.25. The molecule has 1 rings (SSSR count). The summed E-state index contributed by atoms with van der Waals surface area (Å²) in [6.07, 6.45) is 11.3. The maximum atomic E-state index is 3.64.